The highest BCUT2D eigenvalue weighted by Gasteiger charge is 2.29. The molecule has 0 aliphatic carbocycles. The summed E-state index contributed by atoms with van der Waals surface area (Å²) >= 11 is -0.175. The van der Waals surface area contributed by atoms with E-state index in [1.54, 1.807) is 0 Å². The van der Waals surface area contributed by atoms with Gasteiger partial charge in [0.15, 0.2) is 11.5 Å². The van der Waals surface area contributed by atoms with Crippen molar-refractivity contribution in [2.24, 2.45) is 21.0 Å². The number of hydrogen-bond acceptors (Lipinski definition) is 6. The van der Waals surface area contributed by atoms with Crippen LogP contribution in [0.4, 0.5) is 18.9 Å². The molecule has 3 N–H and O–H groups in total. The number of alkyl halides is 3. The van der Waals surface area contributed by atoms with Crippen LogP contribution < -0.4 is 11.2 Å². The van der Waals surface area contributed by atoms with E-state index in [9.17, 15) is 13.2 Å². The Labute approximate surface area is 145 Å². The highest BCUT2D eigenvalue weighted by atomic mass is 32.2. The molecule has 0 amide bonds. The van der Waals surface area contributed by atoms with Crippen LogP contribution in [-0.4, -0.2) is 22.8 Å². The van der Waals surface area contributed by atoms with E-state index in [1.807, 2.05) is 30.3 Å². The average molecular weight is 363 g/mol. The van der Waals surface area contributed by atoms with E-state index in [2.05, 4.69) is 20.7 Å². The monoisotopic (exact) mass is 363 g/mol. The molecule has 9 heteroatoms. The van der Waals surface area contributed by atoms with Crippen molar-refractivity contribution in [3.63, 3.8) is 0 Å². The van der Waals surface area contributed by atoms with Gasteiger partial charge in [-0.25, -0.2) is 0 Å². The molecule has 1 aliphatic rings. The topological polar surface area (TPSA) is 75.1 Å². The van der Waals surface area contributed by atoms with E-state index in [0.29, 0.717) is 17.0 Å². The molecule has 0 bridgehead atoms. The Morgan fingerprint density at radius 3 is 2.28 bits per heavy atom. The maximum atomic E-state index is 12.4. The number of thioether (sulfide) groups is 1. The number of benzene rings is 2. The van der Waals surface area contributed by atoms with Gasteiger partial charge in [-0.15, -0.1) is 10.2 Å². The van der Waals surface area contributed by atoms with Gasteiger partial charge >= 0.3 is 5.51 Å². The van der Waals surface area contributed by atoms with Crippen LogP contribution in [-0.2, 0) is 0 Å². The zero-order valence-corrected chi connectivity index (χ0v) is 13.5. The maximum Gasteiger partial charge on any atom is 0.446 e. The van der Waals surface area contributed by atoms with Crippen molar-refractivity contribution < 1.29 is 13.2 Å². The van der Waals surface area contributed by atoms with Crippen LogP contribution in [0.25, 0.3) is 0 Å². The summed E-state index contributed by atoms with van der Waals surface area (Å²) in [6, 6.07) is 15.0. The molecule has 0 saturated heterocycles. The lowest BCUT2D eigenvalue weighted by molar-refractivity contribution is -0.0328. The average Bonchev–Trinajstić information content (AvgIpc) is 2.94. The Morgan fingerprint density at radius 2 is 1.64 bits per heavy atom. The van der Waals surface area contributed by atoms with Gasteiger partial charge in [0.05, 0.1) is 5.69 Å². The molecule has 0 atom stereocenters. The molecule has 0 unspecified atom stereocenters. The van der Waals surface area contributed by atoms with Crippen LogP contribution in [0.3, 0.4) is 0 Å². The van der Waals surface area contributed by atoms with Crippen molar-refractivity contribution in [2.75, 3.05) is 5.43 Å². The standard InChI is InChI=1S/C16H12F3N5S/c17-16(18,19)25-12-8-6-10(7-9-12)13-14(15(20)24-22-13)23-21-11-4-2-1-3-5-11/h1-9,21H,(H2,20,23,24). The van der Waals surface area contributed by atoms with Gasteiger partial charge in [-0.1, -0.05) is 30.3 Å². The Kier molecular flexibility index (Phi) is 4.75. The molecule has 0 spiro atoms. The quantitative estimate of drug-likeness (QED) is 0.640. The first-order chi connectivity index (χ1) is 11.9. The molecule has 1 heterocycles. The Hall–Kier alpha value is -2.81. The molecule has 0 aromatic heterocycles. The number of amidine groups is 1. The van der Waals surface area contributed by atoms with Crippen LogP contribution in [0.15, 0.2) is 74.8 Å². The first-order valence-electron chi connectivity index (χ1n) is 7.09. The first kappa shape index (κ1) is 17.0. The third-order valence-electron chi connectivity index (χ3n) is 3.16. The lowest BCUT2D eigenvalue weighted by Crippen LogP contribution is -2.28. The molecule has 128 valence electrons. The number of halogens is 3. The minimum atomic E-state index is -4.33. The van der Waals surface area contributed by atoms with Gasteiger partial charge in [0.2, 0.25) is 0 Å². The van der Waals surface area contributed by atoms with Crippen LogP contribution in [0.1, 0.15) is 5.56 Å². The lowest BCUT2D eigenvalue weighted by Gasteiger charge is -2.07. The summed E-state index contributed by atoms with van der Waals surface area (Å²) in [4.78, 5) is 0.0876. The second-order valence-corrected chi connectivity index (χ2v) is 6.08. The molecule has 25 heavy (non-hydrogen) atoms. The van der Waals surface area contributed by atoms with E-state index in [1.165, 1.54) is 24.3 Å². The van der Waals surface area contributed by atoms with E-state index in [0.717, 1.165) is 5.69 Å². The summed E-state index contributed by atoms with van der Waals surface area (Å²) in [5.74, 6) is 0.132. The fraction of sp³-hybridized carbons (Fsp3) is 0.0625. The van der Waals surface area contributed by atoms with E-state index < -0.39 is 5.51 Å². The summed E-state index contributed by atoms with van der Waals surface area (Å²) in [6.07, 6.45) is 0. The van der Waals surface area contributed by atoms with Crippen molar-refractivity contribution in [2.45, 2.75) is 10.4 Å². The molecular formula is C16H12F3N5S. The largest absolute Gasteiger partial charge is 0.446 e. The number of para-hydroxylation sites is 1. The number of hydrazone groups is 1. The van der Waals surface area contributed by atoms with Crippen LogP contribution in [0.2, 0.25) is 0 Å². The van der Waals surface area contributed by atoms with Gasteiger partial charge in [-0.05, 0) is 36.0 Å². The SMILES string of the molecule is NC1=NN=C(c2ccc(SC(F)(F)F)cc2)/C1=N\Nc1ccccc1. The summed E-state index contributed by atoms with van der Waals surface area (Å²) < 4.78 is 37.2. The summed E-state index contributed by atoms with van der Waals surface area (Å²) in [5, 5.41) is 12.0. The maximum absolute atomic E-state index is 12.4. The van der Waals surface area contributed by atoms with Crippen molar-refractivity contribution in [3.05, 3.63) is 60.2 Å². The number of nitrogens with two attached hydrogens (primary N) is 1. The van der Waals surface area contributed by atoms with Gasteiger partial charge in [0.1, 0.15) is 5.71 Å². The summed E-state index contributed by atoms with van der Waals surface area (Å²) in [5.41, 5.74) is 6.38. The van der Waals surface area contributed by atoms with Gasteiger partial charge in [-0.3, -0.25) is 5.43 Å². The van der Waals surface area contributed by atoms with Crippen molar-refractivity contribution >= 4 is 34.7 Å². The highest BCUT2D eigenvalue weighted by Crippen LogP contribution is 2.36. The fourth-order valence-corrected chi connectivity index (χ4v) is 2.61. The Morgan fingerprint density at radius 1 is 0.960 bits per heavy atom. The summed E-state index contributed by atoms with van der Waals surface area (Å²) in [6.45, 7) is 0. The van der Waals surface area contributed by atoms with Crippen molar-refractivity contribution in [1.29, 1.82) is 0 Å². The van der Waals surface area contributed by atoms with Crippen molar-refractivity contribution in [1.82, 2.24) is 0 Å². The number of nitrogens with zero attached hydrogens (tertiary/aromatic N) is 3. The van der Waals surface area contributed by atoms with E-state index in [4.69, 9.17) is 5.73 Å². The van der Waals surface area contributed by atoms with E-state index >= 15 is 0 Å². The zero-order chi connectivity index (χ0) is 17.9. The number of rotatable bonds is 4. The predicted octanol–water partition coefficient (Wildman–Crippen LogP) is 3.84. The van der Waals surface area contributed by atoms with Gasteiger partial charge in [0.25, 0.3) is 0 Å². The molecule has 5 nitrogen and oxygen atoms in total. The lowest BCUT2D eigenvalue weighted by atomic mass is 10.1. The third-order valence-corrected chi connectivity index (χ3v) is 3.90. The number of nitrogens with one attached hydrogen (secondary N) is 1. The minimum Gasteiger partial charge on any atom is -0.380 e. The van der Waals surface area contributed by atoms with E-state index in [-0.39, 0.29) is 22.5 Å². The van der Waals surface area contributed by atoms with Crippen LogP contribution >= 0.6 is 11.8 Å². The first-order valence-corrected chi connectivity index (χ1v) is 7.91. The molecule has 1 aliphatic heterocycles. The smallest absolute Gasteiger partial charge is 0.380 e. The fourth-order valence-electron chi connectivity index (χ4n) is 2.07. The predicted molar refractivity (Wildman–Crippen MR) is 94.0 cm³/mol. The van der Waals surface area contributed by atoms with Gasteiger partial charge in [-0.2, -0.15) is 18.3 Å². The zero-order valence-electron chi connectivity index (χ0n) is 12.7. The minimum absolute atomic E-state index is 0.0876. The van der Waals surface area contributed by atoms with Gasteiger partial charge < -0.3 is 5.73 Å². The second-order valence-electron chi connectivity index (χ2n) is 4.94. The van der Waals surface area contributed by atoms with Crippen molar-refractivity contribution in [3.8, 4) is 0 Å². The van der Waals surface area contributed by atoms with Crippen LogP contribution in [0.5, 0.6) is 0 Å². The Bertz CT molecular complexity index is 842. The molecule has 2 aromatic carbocycles. The Balaban J connectivity index is 1.79. The number of hydrogen-bond donors (Lipinski definition) is 2. The molecular weight excluding hydrogens is 351 g/mol. The van der Waals surface area contributed by atoms with Crippen LogP contribution in [0, 0.1) is 0 Å². The number of anilines is 1. The molecule has 3 rings (SSSR count). The third kappa shape index (κ3) is 4.38. The normalized spacial score (nSPS) is 15.9. The van der Waals surface area contributed by atoms with Gasteiger partial charge in [0, 0.05) is 10.5 Å². The molecule has 2 aromatic rings. The second kappa shape index (κ2) is 6.98. The molecule has 0 saturated carbocycles. The highest BCUT2D eigenvalue weighted by molar-refractivity contribution is 8.00. The molecule has 0 radical (unpaired) electrons. The summed E-state index contributed by atoms with van der Waals surface area (Å²) in [7, 11) is 0. The molecule has 0 fully saturated rings.